The topological polar surface area (TPSA) is 96.8 Å². The molecule has 1 aromatic carbocycles. The number of carbonyl (C=O) groups is 1. The highest BCUT2D eigenvalue weighted by atomic mass is 32.2. The summed E-state index contributed by atoms with van der Waals surface area (Å²) in [7, 11) is -2.92. The minimum atomic E-state index is -2.92. The number of carboxylic acids is 1. The van der Waals surface area contributed by atoms with Crippen LogP contribution in [-0.2, 0) is 19.4 Å². The van der Waals surface area contributed by atoms with Gasteiger partial charge < -0.3 is 14.7 Å². The Morgan fingerprint density at radius 2 is 1.71 bits per heavy atom. The van der Waals surface area contributed by atoms with Crippen LogP contribution in [0.25, 0.3) is 10.4 Å². The van der Waals surface area contributed by atoms with Crippen molar-refractivity contribution in [3.63, 3.8) is 0 Å². The van der Waals surface area contributed by atoms with Crippen LogP contribution in [-0.4, -0.2) is 62.3 Å². The summed E-state index contributed by atoms with van der Waals surface area (Å²) >= 11 is 1.72. The lowest BCUT2D eigenvalue weighted by Crippen LogP contribution is -2.40. The number of rotatable bonds is 5. The number of anilines is 1. The van der Waals surface area contributed by atoms with Crippen molar-refractivity contribution in [3.05, 3.63) is 35.0 Å². The van der Waals surface area contributed by atoms with Crippen molar-refractivity contribution in [1.82, 2.24) is 4.98 Å². The van der Waals surface area contributed by atoms with Crippen molar-refractivity contribution in [2.75, 3.05) is 42.7 Å². The monoisotopic (exact) mass is 504 g/mol. The van der Waals surface area contributed by atoms with Gasteiger partial charge in [-0.1, -0.05) is 25.0 Å². The van der Waals surface area contributed by atoms with E-state index < -0.39 is 15.8 Å². The van der Waals surface area contributed by atoms with Crippen LogP contribution in [0.3, 0.4) is 0 Å². The first-order valence-corrected chi connectivity index (χ1v) is 14.9. The highest BCUT2D eigenvalue weighted by Crippen LogP contribution is 2.46. The van der Waals surface area contributed by atoms with Crippen LogP contribution in [0, 0.1) is 5.92 Å². The molecular weight excluding hydrogens is 472 g/mol. The van der Waals surface area contributed by atoms with Crippen molar-refractivity contribution in [2.24, 2.45) is 5.92 Å². The van der Waals surface area contributed by atoms with E-state index in [1.807, 2.05) is 0 Å². The average Bonchev–Trinajstić information content (AvgIpc) is 3.30. The molecule has 0 bridgehead atoms. The standard InChI is InChI=1S/C25H32N2O5S2/c28-25(29)21-4-2-1-3-20(21)22-23(33-24(26-22)18-9-13-32-14-10-18)17-5-7-19(8-6-17)27-11-15-34(30,31)16-12-27/h5-8,18,20-21H,1-4,9-16H2,(H,28,29)/t20-,21-/m1/s1. The van der Waals surface area contributed by atoms with Gasteiger partial charge in [-0.25, -0.2) is 13.4 Å². The van der Waals surface area contributed by atoms with Crippen LogP contribution >= 0.6 is 11.3 Å². The lowest BCUT2D eigenvalue weighted by Gasteiger charge is -2.29. The molecule has 1 aromatic heterocycles. The molecule has 2 atom stereocenters. The first-order valence-electron chi connectivity index (χ1n) is 12.3. The minimum Gasteiger partial charge on any atom is -0.481 e. The number of ether oxygens (including phenoxy) is 1. The maximum Gasteiger partial charge on any atom is 0.307 e. The molecule has 0 radical (unpaired) electrons. The third-order valence-corrected chi connectivity index (χ3v) is 10.4. The van der Waals surface area contributed by atoms with Crippen molar-refractivity contribution in [3.8, 4) is 10.4 Å². The number of benzene rings is 1. The van der Waals surface area contributed by atoms with Crippen LogP contribution in [0.1, 0.15) is 61.1 Å². The Morgan fingerprint density at radius 3 is 2.38 bits per heavy atom. The van der Waals surface area contributed by atoms with Gasteiger partial charge in [0.05, 0.1) is 33.0 Å². The maximum absolute atomic E-state index is 12.1. The van der Waals surface area contributed by atoms with Crippen LogP contribution in [0.15, 0.2) is 24.3 Å². The van der Waals surface area contributed by atoms with E-state index in [0.717, 1.165) is 72.1 Å². The van der Waals surface area contributed by atoms with E-state index in [1.54, 1.807) is 11.3 Å². The summed E-state index contributed by atoms with van der Waals surface area (Å²) in [6, 6.07) is 8.28. The first kappa shape index (κ1) is 23.8. The van der Waals surface area contributed by atoms with Gasteiger partial charge in [-0.15, -0.1) is 11.3 Å². The van der Waals surface area contributed by atoms with Gasteiger partial charge in [0, 0.05) is 43.8 Å². The summed E-state index contributed by atoms with van der Waals surface area (Å²) in [6.07, 6.45) is 5.48. The lowest BCUT2D eigenvalue weighted by molar-refractivity contribution is -0.143. The maximum atomic E-state index is 12.1. The highest BCUT2D eigenvalue weighted by molar-refractivity contribution is 7.91. The van der Waals surface area contributed by atoms with E-state index in [0.29, 0.717) is 25.4 Å². The van der Waals surface area contributed by atoms with E-state index >= 15 is 0 Å². The second kappa shape index (κ2) is 9.95. The molecule has 0 unspecified atom stereocenters. The van der Waals surface area contributed by atoms with Crippen molar-refractivity contribution in [2.45, 2.75) is 50.4 Å². The quantitative estimate of drug-likeness (QED) is 0.648. The lowest BCUT2D eigenvalue weighted by atomic mass is 9.77. The number of thiazole rings is 1. The smallest absolute Gasteiger partial charge is 0.307 e. The first-order chi connectivity index (χ1) is 16.4. The van der Waals surface area contributed by atoms with Gasteiger partial charge in [0.25, 0.3) is 0 Å². The summed E-state index contributed by atoms with van der Waals surface area (Å²) in [5.41, 5.74) is 3.04. The molecule has 1 saturated carbocycles. The van der Waals surface area contributed by atoms with Crippen LogP contribution < -0.4 is 4.90 Å². The van der Waals surface area contributed by atoms with E-state index in [9.17, 15) is 18.3 Å². The summed E-state index contributed by atoms with van der Waals surface area (Å²) in [6.45, 7) is 2.53. The number of hydrogen-bond acceptors (Lipinski definition) is 7. The van der Waals surface area contributed by atoms with Gasteiger partial charge in [0.1, 0.15) is 0 Å². The third kappa shape index (κ3) is 5.02. The van der Waals surface area contributed by atoms with Gasteiger partial charge in [0.15, 0.2) is 9.84 Å². The third-order valence-electron chi connectivity index (χ3n) is 7.51. The normalized spacial score (nSPS) is 25.8. The molecule has 2 aliphatic heterocycles. The Morgan fingerprint density at radius 1 is 1.03 bits per heavy atom. The molecule has 2 aromatic rings. The number of aromatic nitrogens is 1. The summed E-state index contributed by atoms with van der Waals surface area (Å²) < 4.78 is 29.1. The van der Waals surface area contributed by atoms with E-state index in [1.165, 1.54) is 0 Å². The Balaban J connectivity index is 1.47. The second-order valence-electron chi connectivity index (χ2n) is 9.67. The second-order valence-corrected chi connectivity index (χ2v) is 13.0. The molecule has 1 aliphatic carbocycles. The zero-order chi connectivity index (χ0) is 23.7. The number of hydrogen-bond donors (Lipinski definition) is 1. The molecule has 184 valence electrons. The van der Waals surface area contributed by atoms with Crippen LogP contribution in [0.4, 0.5) is 5.69 Å². The zero-order valence-corrected chi connectivity index (χ0v) is 21.0. The molecule has 0 spiro atoms. The predicted octanol–water partition coefficient (Wildman–Crippen LogP) is 4.30. The largest absolute Gasteiger partial charge is 0.481 e. The molecule has 5 rings (SSSR count). The molecule has 0 amide bonds. The van der Waals surface area contributed by atoms with Gasteiger partial charge in [-0.05, 0) is 43.4 Å². The fourth-order valence-electron chi connectivity index (χ4n) is 5.47. The Labute approximate surface area is 205 Å². The van der Waals surface area contributed by atoms with Crippen molar-refractivity contribution in [1.29, 1.82) is 0 Å². The molecule has 34 heavy (non-hydrogen) atoms. The number of aliphatic carboxylic acids is 1. The molecule has 2 saturated heterocycles. The van der Waals surface area contributed by atoms with E-state index in [2.05, 4.69) is 29.2 Å². The molecule has 1 N–H and O–H groups in total. The number of sulfone groups is 1. The van der Waals surface area contributed by atoms with Gasteiger partial charge in [-0.2, -0.15) is 0 Å². The van der Waals surface area contributed by atoms with E-state index in [4.69, 9.17) is 9.72 Å². The Bertz CT molecular complexity index is 1110. The van der Waals surface area contributed by atoms with Crippen LogP contribution in [0.2, 0.25) is 0 Å². The molecule has 3 heterocycles. The Kier molecular flexibility index (Phi) is 6.95. The SMILES string of the molecule is O=C(O)[C@@H]1CCCC[C@H]1c1nc(C2CCOCC2)sc1-c1ccc(N2CCS(=O)(=O)CC2)cc1. The summed E-state index contributed by atoms with van der Waals surface area (Å²) in [5, 5.41) is 11.0. The van der Waals surface area contributed by atoms with Gasteiger partial charge >= 0.3 is 5.97 Å². The fourth-order valence-corrected chi connectivity index (χ4v) is 7.99. The summed E-state index contributed by atoms with van der Waals surface area (Å²) in [5.74, 6) is -0.398. The van der Waals surface area contributed by atoms with E-state index in [-0.39, 0.29) is 23.3 Å². The fraction of sp³-hybridized carbons (Fsp3) is 0.600. The van der Waals surface area contributed by atoms with Crippen molar-refractivity contribution >= 4 is 32.8 Å². The van der Waals surface area contributed by atoms with Crippen molar-refractivity contribution < 1.29 is 23.1 Å². The Hall–Kier alpha value is -1.97. The molecule has 3 fully saturated rings. The molecule has 9 heteroatoms. The van der Waals surface area contributed by atoms with Crippen LogP contribution in [0.5, 0.6) is 0 Å². The highest BCUT2D eigenvalue weighted by Gasteiger charge is 2.36. The zero-order valence-electron chi connectivity index (χ0n) is 19.3. The number of carboxylic acid groups (broad SMARTS) is 1. The predicted molar refractivity (Wildman–Crippen MR) is 134 cm³/mol. The average molecular weight is 505 g/mol. The van der Waals surface area contributed by atoms with Gasteiger partial charge in [-0.3, -0.25) is 4.79 Å². The molecule has 7 nitrogen and oxygen atoms in total. The number of nitrogens with zero attached hydrogens (tertiary/aromatic N) is 2. The molecular formula is C25H32N2O5S2. The molecule has 3 aliphatic rings. The van der Waals surface area contributed by atoms with Gasteiger partial charge in [0.2, 0.25) is 0 Å². The summed E-state index contributed by atoms with van der Waals surface area (Å²) in [4.78, 5) is 20.4. The minimum absolute atomic E-state index is 0.0573.